The standard InChI is InChI=1S/C12H14ClNO2/c1-8(12(15)16)7-14-9(2)10-5-3-4-6-11(10)13/h3-6,9,14H,1,7H2,2H3,(H,15,16)/t9-/m1/s1. The van der Waals surface area contributed by atoms with Crippen LogP contribution in [0, 0.1) is 0 Å². The summed E-state index contributed by atoms with van der Waals surface area (Å²) in [6.07, 6.45) is 0. The quantitative estimate of drug-likeness (QED) is 0.777. The third-order valence-corrected chi connectivity index (χ3v) is 2.64. The number of aliphatic carboxylic acids is 1. The van der Waals surface area contributed by atoms with Gasteiger partial charge in [0, 0.05) is 23.2 Å². The second kappa shape index (κ2) is 5.68. The predicted molar refractivity (Wildman–Crippen MR) is 64.6 cm³/mol. The minimum atomic E-state index is -0.987. The molecule has 86 valence electrons. The monoisotopic (exact) mass is 239 g/mol. The van der Waals surface area contributed by atoms with Crippen molar-refractivity contribution in [3.63, 3.8) is 0 Å². The van der Waals surface area contributed by atoms with Gasteiger partial charge in [-0.1, -0.05) is 36.4 Å². The zero-order chi connectivity index (χ0) is 12.1. The number of nitrogens with one attached hydrogen (secondary N) is 1. The Labute approximate surface area is 99.7 Å². The average Bonchev–Trinajstić information content (AvgIpc) is 2.25. The molecule has 1 rings (SSSR count). The summed E-state index contributed by atoms with van der Waals surface area (Å²) in [7, 11) is 0. The van der Waals surface area contributed by atoms with Gasteiger partial charge in [-0.25, -0.2) is 4.79 Å². The number of carboxylic acids is 1. The molecule has 0 spiro atoms. The number of halogens is 1. The Balaban J connectivity index is 2.60. The van der Waals surface area contributed by atoms with Gasteiger partial charge in [-0.2, -0.15) is 0 Å². The van der Waals surface area contributed by atoms with Gasteiger partial charge in [0.15, 0.2) is 0 Å². The Morgan fingerprint density at radius 2 is 2.19 bits per heavy atom. The summed E-state index contributed by atoms with van der Waals surface area (Å²) in [6.45, 7) is 5.61. The van der Waals surface area contributed by atoms with Crippen molar-refractivity contribution in [3.05, 3.63) is 47.0 Å². The van der Waals surface area contributed by atoms with Crippen LogP contribution >= 0.6 is 11.6 Å². The number of hydrogen-bond acceptors (Lipinski definition) is 2. The number of rotatable bonds is 5. The fraction of sp³-hybridized carbons (Fsp3) is 0.250. The molecule has 2 N–H and O–H groups in total. The van der Waals surface area contributed by atoms with Crippen LogP contribution in [-0.4, -0.2) is 17.6 Å². The first-order valence-corrected chi connectivity index (χ1v) is 5.29. The van der Waals surface area contributed by atoms with Crippen LogP contribution in [-0.2, 0) is 4.79 Å². The molecule has 0 bridgehead atoms. The smallest absolute Gasteiger partial charge is 0.332 e. The van der Waals surface area contributed by atoms with Gasteiger partial charge in [-0.05, 0) is 18.6 Å². The van der Waals surface area contributed by atoms with Gasteiger partial charge >= 0.3 is 5.97 Å². The average molecular weight is 240 g/mol. The summed E-state index contributed by atoms with van der Waals surface area (Å²) < 4.78 is 0. The number of carbonyl (C=O) groups is 1. The summed E-state index contributed by atoms with van der Waals surface area (Å²) in [5, 5.41) is 12.4. The van der Waals surface area contributed by atoms with Crippen LogP contribution in [0.4, 0.5) is 0 Å². The third kappa shape index (κ3) is 3.36. The lowest BCUT2D eigenvalue weighted by Gasteiger charge is -2.15. The molecule has 16 heavy (non-hydrogen) atoms. The van der Waals surface area contributed by atoms with Crippen molar-refractivity contribution in [2.75, 3.05) is 6.54 Å². The summed E-state index contributed by atoms with van der Waals surface area (Å²) in [4.78, 5) is 10.5. The molecule has 0 aliphatic heterocycles. The lowest BCUT2D eigenvalue weighted by molar-refractivity contribution is -0.132. The molecule has 0 amide bonds. The Hall–Kier alpha value is -1.32. The summed E-state index contributed by atoms with van der Waals surface area (Å²) in [6, 6.07) is 7.45. The van der Waals surface area contributed by atoms with E-state index in [1.54, 1.807) is 6.07 Å². The van der Waals surface area contributed by atoms with E-state index in [2.05, 4.69) is 11.9 Å². The van der Waals surface area contributed by atoms with Crippen molar-refractivity contribution in [2.24, 2.45) is 0 Å². The number of hydrogen-bond donors (Lipinski definition) is 2. The van der Waals surface area contributed by atoms with Crippen LogP contribution in [0.3, 0.4) is 0 Å². The molecule has 0 heterocycles. The Morgan fingerprint density at radius 1 is 1.56 bits per heavy atom. The first-order chi connectivity index (χ1) is 7.52. The molecule has 0 saturated carbocycles. The van der Waals surface area contributed by atoms with Crippen LogP contribution in [0.5, 0.6) is 0 Å². The molecule has 0 unspecified atom stereocenters. The van der Waals surface area contributed by atoms with Crippen molar-refractivity contribution in [3.8, 4) is 0 Å². The third-order valence-electron chi connectivity index (χ3n) is 2.30. The van der Waals surface area contributed by atoms with E-state index in [4.69, 9.17) is 16.7 Å². The van der Waals surface area contributed by atoms with E-state index in [9.17, 15) is 4.79 Å². The van der Waals surface area contributed by atoms with Gasteiger partial charge in [0.2, 0.25) is 0 Å². The van der Waals surface area contributed by atoms with E-state index in [0.29, 0.717) is 5.02 Å². The lowest BCUT2D eigenvalue weighted by Crippen LogP contribution is -2.23. The van der Waals surface area contributed by atoms with Crippen molar-refractivity contribution in [1.82, 2.24) is 5.32 Å². The van der Waals surface area contributed by atoms with E-state index >= 15 is 0 Å². The second-order valence-corrected chi connectivity index (χ2v) is 3.94. The maximum absolute atomic E-state index is 10.5. The molecule has 4 heteroatoms. The maximum Gasteiger partial charge on any atom is 0.332 e. The molecule has 0 aromatic heterocycles. The Bertz CT molecular complexity index is 404. The molecule has 0 aliphatic carbocycles. The second-order valence-electron chi connectivity index (χ2n) is 3.53. The highest BCUT2D eigenvalue weighted by Crippen LogP contribution is 2.21. The van der Waals surface area contributed by atoms with E-state index in [-0.39, 0.29) is 18.2 Å². The molecule has 1 atom stereocenters. The first-order valence-electron chi connectivity index (χ1n) is 4.91. The SMILES string of the molecule is C=C(CN[C@H](C)c1ccccc1Cl)C(=O)O. The highest BCUT2D eigenvalue weighted by molar-refractivity contribution is 6.31. The van der Waals surface area contributed by atoms with Crippen molar-refractivity contribution in [1.29, 1.82) is 0 Å². The van der Waals surface area contributed by atoms with Crippen molar-refractivity contribution >= 4 is 17.6 Å². The Kier molecular flexibility index (Phi) is 4.52. The molecule has 1 aromatic rings. The van der Waals surface area contributed by atoms with E-state index in [1.165, 1.54) is 0 Å². The summed E-state index contributed by atoms with van der Waals surface area (Å²) in [5.41, 5.74) is 1.08. The number of carboxylic acid groups (broad SMARTS) is 1. The molecule has 0 saturated heterocycles. The molecular formula is C12H14ClNO2. The molecule has 0 aliphatic rings. The highest BCUT2D eigenvalue weighted by Gasteiger charge is 2.10. The van der Waals surface area contributed by atoms with Crippen molar-refractivity contribution in [2.45, 2.75) is 13.0 Å². The van der Waals surface area contributed by atoms with E-state index in [1.807, 2.05) is 25.1 Å². The summed E-state index contributed by atoms with van der Waals surface area (Å²) >= 11 is 6.02. The predicted octanol–water partition coefficient (Wildman–Crippen LogP) is 2.63. The largest absolute Gasteiger partial charge is 0.478 e. The molecular weight excluding hydrogens is 226 g/mol. The van der Waals surface area contributed by atoms with Crippen LogP contribution < -0.4 is 5.32 Å². The van der Waals surface area contributed by atoms with Gasteiger partial charge in [-0.15, -0.1) is 0 Å². The minimum Gasteiger partial charge on any atom is -0.478 e. The van der Waals surface area contributed by atoms with Gasteiger partial charge in [0.1, 0.15) is 0 Å². The van der Waals surface area contributed by atoms with E-state index < -0.39 is 5.97 Å². The fourth-order valence-corrected chi connectivity index (χ4v) is 1.59. The van der Waals surface area contributed by atoms with E-state index in [0.717, 1.165) is 5.56 Å². The lowest BCUT2D eigenvalue weighted by atomic mass is 10.1. The normalized spacial score (nSPS) is 12.1. The topological polar surface area (TPSA) is 49.3 Å². The van der Waals surface area contributed by atoms with Crippen LogP contribution in [0.15, 0.2) is 36.4 Å². The van der Waals surface area contributed by atoms with Gasteiger partial charge in [0.25, 0.3) is 0 Å². The van der Waals surface area contributed by atoms with Crippen molar-refractivity contribution < 1.29 is 9.90 Å². The summed E-state index contributed by atoms with van der Waals surface area (Å²) in [5.74, 6) is -0.987. The zero-order valence-corrected chi connectivity index (χ0v) is 9.79. The maximum atomic E-state index is 10.5. The highest BCUT2D eigenvalue weighted by atomic mass is 35.5. The van der Waals surface area contributed by atoms with Gasteiger partial charge in [0.05, 0.1) is 0 Å². The zero-order valence-electron chi connectivity index (χ0n) is 9.03. The van der Waals surface area contributed by atoms with Gasteiger partial charge < -0.3 is 10.4 Å². The molecule has 0 radical (unpaired) electrons. The molecule has 3 nitrogen and oxygen atoms in total. The fourth-order valence-electron chi connectivity index (χ4n) is 1.29. The first kappa shape index (κ1) is 12.7. The molecule has 0 fully saturated rings. The Morgan fingerprint density at radius 3 is 2.75 bits per heavy atom. The minimum absolute atomic E-state index is 0.00944. The van der Waals surface area contributed by atoms with Crippen LogP contribution in [0.25, 0.3) is 0 Å². The number of benzene rings is 1. The molecule has 1 aromatic carbocycles. The van der Waals surface area contributed by atoms with Crippen LogP contribution in [0.2, 0.25) is 5.02 Å². The van der Waals surface area contributed by atoms with Gasteiger partial charge in [-0.3, -0.25) is 0 Å². The van der Waals surface area contributed by atoms with Crippen LogP contribution in [0.1, 0.15) is 18.5 Å².